The van der Waals surface area contributed by atoms with Crippen LogP contribution in [0.2, 0.25) is 0 Å². The SMILES string of the molecule is CC(C)C1CCN(c2nc(CCl)co2)C1. The van der Waals surface area contributed by atoms with Crippen LogP contribution in [0.25, 0.3) is 0 Å². The molecule has 0 amide bonds. The van der Waals surface area contributed by atoms with E-state index in [1.54, 1.807) is 6.26 Å². The standard InChI is InChI=1S/C11H17ClN2O/c1-8(2)9-3-4-14(6-9)11-13-10(5-12)7-15-11/h7-9H,3-6H2,1-2H3. The first-order chi connectivity index (χ1) is 7.20. The summed E-state index contributed by atoms with van der Waals surface area (Å²) in [7, 11) is 0. The van der Waals surface area contributed by atoms with E-state index in [1.807, 2.05) is 0 Å². The van der Waals surface area contributed by atoms with E-state index in [-0.39, 0.29) is 0 Å². The second-order valence-electron chi connectivity index (χ2n) is 4.49. The van der Waals surface area contributed by atoms with E-state index < -0.39 is 0 Å². The second kappa shape index (κ2) is 4.44. The summed E-state index contributed by atoms with van der Waals surface area (Å²) in [6.07, 6.45) is 2.88. The Hall–Kier alpha value is -0.700. The van der Waals surface area contributed by atoms with Gasteiger partial charge in [0.05, 0.1) is 11.6 Å². The fraction of sp³-hybridized carbons (Fsp3) is 0.727. The van der Waals surface area contributed by atoms with Crippen molar-refractivity contribution >= 4 is 17.6 Å². The summed E-state index contributed by atoms with van der Waals surface area (Å²) in [6, 6.07) is 0.730. The molecule has 1 aromatic rings. The predicted octanol–water partition coefficient (Wildman–Crippen LogP) is 2.90. The zero-order chi connectivity index (χ0) is 10.8. The first-order valence-electron chi connectivity index (χ1n) is 5.46. The summed E-state index contributed by atoms with van der Waals surface area (Å²) >= 11 is 5.69. The average Bonchev–Trinajstić information content (AvgIpc) is 2.86. The molecule has 2 rings (SSSR count). The van der Waals surface area contributed by atoms with Gasteiger partial charge in [-0.3, -0.25) is 0 Å². The van der Waals surface area contributed by atoms with Crippen molar-refractivity contribution in [2.45, 2.75) is 26.1 Å². The average molecular weight is 229 g/mol. The van der Waals surface area contributed by atoms with E-state index in [1.165, 1.54) is 6.42 Å². The van der Waals surface area contributed by atoms with Gasteiger partial charge in [0.25, 0.3) is 6.01 Å². The lowest BCUT2D eigenvalue weighted by Gasteiger charge is -2.15. The lowest BCUT2D eigenvalue weighted by molar-refractivity contribution is 0.420. The van der Waals surface area contributed by atoms with Gasteiger partial charge in [0.2, 0.25) is 0 Å². The Kier molecular flexibility index (Phi) is 3.19. The molecule has 1 fully saturated rings. The van der Waals surface area contributed by atoms with Crippen molar-refractivity contribution in [1.82, 2.24) is 4.98 Å². The van der Waals surface area contributed by atoms with Gasteiger partial charge in [0.1, 0.15) is 6.26 Å². The second-order valence-corrected chi connectivity index (χ2v) is 4.76. The Morgan fingerprint density at radius 3 is 3.00 bits per heavy atom. The molecule has 1 unspecified atom stereocenters. The molecule has 0 spiro atoms. The van der Waals surface area contributed by atoms with E-state index in [2.05, 4.69) is 23.7 Å². The highest BCUT2D eigenvalue weighted by atomic mass is 35.5. The van der Waals surface area contributed by atoms with Gasteiger partial charge in [-0.05, 0) is 18.3 Å². The fourth-order valence-electron chi connectivity index (χ4n) is 2.01. The first kappa shape index (κ1) is 10.8. The van der Waals surface area contributed by atoms with Gasteiger partial charge in [0.15, 0.2) is 0 Å². The molecular formula is C11H17ClN2O. The normalized spacial score (nSPS) is 21.6. The van der Waals surface area contributed by atoms with Crippen molar-refractivity contribution in [3.05, 3.63) is 12.0 Å². The van der Waals surface area contributed by atoms with Crippen LogP contribution in [-0.2, 0) is 5.88 Å². The molecule has 4 heteroatoms. The summed E-state index contributed by atoms with van der Waals surface area (Å²) in [4.78, 5) is 6.54. The first-order valence-corrected chi connectivity index (χ1v) is 5.99. The van der Waals surface area contributed by atoms with E-state index in [9.17, 15) is 0 Å². The molecule has 0 saturated carbocycles. The van der Waals surface area contributed by atoms with Gasteiger partial charge in [0, 0.05) is 13.1 Å². The number of rotatable bonds is 3. The summed E-state index contributed by atoms with van der Waals surface area (Å²) in [6.45, 7) is 6.65. The number of oxazole rings is 1. The predicted molar refractivity (Wildman–Crippen MR) is 61.2 cm³/mol. The van der Waals surface area contributed by atoms with Gasteiger partial charge in [-0.25, -0.2) is 0 Å². The van der Waals surface area contributed by atoms with Crippen LogP contribution >= 0.6 is 11.6 Å². The topological polar surface area (TPSA) is 29.3 Å². The number of halogens is 1. The Balaban J connectivity index is 2.01. The third-order valence-corrected chi connectivity index (χ3v) is 3.39. The lowest BCUT2D eigenvalue weighted by Crippen LogP contribution is -2.21. The number of hydrogen-bond acceptors (Lipinski definition) is 3. The molecule has 0 radical (unpaired) electrons. The molecule has 0 aliphatic carbocycles. The molecule has 0 bridgehead atoms. The minimum Gasteiger partial charge on any atom is -0.432 e. The van der Waals surface area contributed by atoms with Crippen molar-refractivity contribution < 1.29 is 4.42 Å². The molecule has 1 aliphatic heterocycles. The van der Waals surface area contributed by atoms with Crippen LogP contribution in [0.3, 0.4) is 0 Å². The Bertz CT molecular complexity index is 324. The maximum absolute atomic E-state index is 5.69. The highest BCUT2D eigenvalue weighted by molar-refractivity contribution is 6.16. The fourth-order valence-corrected chi connectivity index (χ4v) is 2.13. The van der Waals surface area contributed by atoms with Crippen LogP contribution in [0.1, 0.15) is 26.0 Å². The zero-order valence-electron chi connectivity index (χ0n) is 9.24. The van der Waals surface area contributed by atoms with Gasteiger partial charge in [-0.2, -0.15) is 4.98 Å². The van der Waals surface area contributed by atoms with Gasteiger partial charge < -0.3 is 9.32 Å². The molecule has 1 aliphatic rings. The molecule has 1 saturated heterocycles. The van der Waals surface area contributed by atoms with Crippen molar-refractivity contribution in [2.24, 2.45) is 11.8 Å². The molecule has 3 nitrogen and oxygen atoms in total. The highest BCUT2D eigenvalue weighted by Gasteiger charge is 2.27. The summed E-state index contributed by atoms with van der Waals surface area (Å²) in [5, 5.41) is 0. The third kappa shape index (κ3) is 2.28. The molecular weight excluding hydrogens is 212 g/mol. The molecule has 84 valence electrons. The third-order valence-electron chi connectivity index (χ3n) is 3.11. The smallest absolute Gasteiger partial charge is 0.297 e. The Morgan fingerprint density at radius 2 is 2.47 bits per heavy atom. The number of nitrogens with zero attached hydrogens (tertiary/aromatic N) is 2. The lowest BCUT2D eigenvalue weighted by atomic mass is 9.95. The van der Waals surface area contributed by atoms with Crippen molar-refractivity contribution in [3.63, 3.8) is 0 Å². The molecule has 1 aromatic heterocycles. The van der Waals surface area contributed by atoms with Gasteiger partial charge in [-0.15, -0.1) is 11.6 Å². The van der Waals surface area contributed by atoms with Crippen LogP contribution in [0.5, 0.6) is 0 Å². The number of anilines is 1. The molecule has 0 N–H and O–H groups in total. The Morgan fingerprint density at radius 1 is 1.67 bits per heavy atom. The maximum atomic E-state index is 5.69. The van der Waals surface area contributed by atoms with E-state index in [0.29, 0.717) is 5.88 Å². The highest BCUT2D eigenvalue weighted by Crippen LogP contribution is 2.27. The van der Waals surface area contributed by atoms with Crippen molar-refractivity contribution in [2.75, 3.05) is 18.0 Å². The molecule has 2 heterocycles. The van der Waals surface area contributed by atoms with Crippen LogP contribution < -0.4 is 4.90 Å². The molecule has 0 aromatic carbocycles. The van der Waals surface area contributed by atoms with Crippen LogP contribution in [0.4, 0.5) is 6.01 Å². The summed E-state index contributed by atoms with van der Waals surface area (Å²) in [5.74, 6) is 1.92. The minimum atomic E-state index is 0.422. The zero-order valence-corrected chi connectivity index (χ0v) is 10.00. The minimum absolute atomic E-state index is 0.422. The van der Waals surface area contributed by atoms with Gasteiger partial charge in [-0.1, -0.05) is 13.8 Å². The van der Waals surface area contributed by atoms with Crippen LogP contribution in [-0.4, -0.2) is 18.1 Å². The number of alkyl halides is 1. The summed E-state index contributed by atoms with van der Waals surface area (Å²) < 4.78 is 5.40. The van der Waals surface area contributed by atoms with Crippen molar-refractivity contribution in [3.8, 4) is 0 Å². The van der Waals surface area contributed by atoms with E-state index >= 15 is 0 Å². The number of aromatic nitrogens is 1. The van der Waals surface area contributed by atoms with Crippen LogP contribution in [0.15, 0.2) is 10.7 Å². The quantitative estimate of drug-likeness (QED) is 0.745. The van der Waals surface area contributed by atoms with E-state index in [0.717, 1.165) is 36.6 Å². The summed E-state index contributed by atoms with van der Waals surface area (Å²) in [5.41, 5.74) is 0.819. The van der Waals surface area contributed by atoms with E-state index in [4.69, 9.17) is 16.0 Å². The molecule has 15 heavy (non-hydrogen) atoms. The number of hydrogen-bond donors (Lipinski definition) is 0. The van der Waals surface area contributed by atoms with Gasteiger partial charge >= 0.3 is 0 Å². The Labute approximate surface area is 95.4 Å². The molecule has 1 atom stereocenters. The van der Waals surface area contributed by atoms with Crippen molar-refractivity contribution in [1.29, 1.82) is 0 Å². The van der Waals surface area contributed by atoms with Crippen LogP contribution in [0, 0.1) is 11.8 Å². The maximum Gasteiger partial charge on any atom is 0.297 e. The monoisotopic (exact) mass is 228 g/mol. The largest absolute Gasteiger partial charge is 0.432 e.